The van der Waals surface area contributed by atoms with Crippen LogP contribution in [0.3, 0.4) is 0 Å². The molecule has 0 amide bonds. The van der Waals surface area contributed by atoms with Crippen molar-refractivity contribution in [2.75, 3.05) is 26.2 Å². The summed E-state index contributed by atoms with van der Waals surface area (Å²) >= 11 is 0. The van der Waals surface area contributed by atoms with Gasteiger partial charge in [-0.15, -0.1) is 0 Å². The van der Waals surface area contributed by atoms with Gasteiger partial charge in [-0.3, -0.25) is 0 Å². The molecule has 4 aliphatic heterocycles. The molecular formula is C34H41N3. The van der Waals surface area contributed by atoms with Crippen molar-refractivity contribution in [3.63, 3.8) is 0 Å². The lowest BCUT2D eigenvalue weighted by molar-refractivity contribution is 0.193. The molecule has 192 valence electrons. The van der Waals surface area contributed by atoms with E-state index in [0.717, 1.165) is 13.1 Å². The molecule has 9 rings (SSSR count). The average molecular weight is 492 g/mol. The minimum Gasteiger partial charge on any atom is -0.370 e. The van der Waals surface area contributed by atoms with E-state index in [9.17, 15) is 0 Å². The second kappa shape index (κ2) is 8.24. The van der Waals surface area contributed by atoms with Crippen LogP contribution in [0.4, 0.5) is 0 Å². The van der Waals surface area contributed by atoms with Crippen LogP contribution in [-0.4, -0.2) is 46.6 Å². The fraction of sp³-hybridized carbons (Fsp3) is 0.529. The van der Waals surface area contributed by atoms with E-state index in [-0.39, 0.29) is 5.41 Å². The van der Waals surface area contributed by atoms with Gasteiger partial charge in [0.05, 0.1) is 5.69 Å². The highest BCUT2D eigenvalue weighted by atomic mass is 15.3. The molecule has 5 heterocycles. The Balaban J connectivity index is 1.32. The molecule has 2 unspecified atom stereocenters. The molecule has 37 heavy (non-hydrogen) atoms. The van der Waals surface area contributed by atoms with Gasteiger partial charge in [-0.2, -0.15) is 0 Å². The first kappa shape index (κ1) is 22.5. The number of hydrogen-bond acceptors (Lipinski definition) is 2. The molecule has 2 atom stereocenters. The summed E-state index contributed by atoms with van der Waals surface area (Å²) in [4.78, 5) is 5.45. The van der Waals surface area contributed by atoms with Gasteiger partial charge >= 0.3 is 0 Å². The fourth-order valence-electron chi connectivity index (χ4n) is 8.88. The number of fused-ring (bicyclic) bond motifs is 11. The highest BCUT2D eigenvalue weighted by Crippen LogP contribution is 2.69. The minimum absolute atomic E-state index is 0.150. The number of hydrogen-bond donors (Lipinski definition) is 0. The highest BCUT2D eigenvalue weighted by Gasteiger charge is 2.61. The zero-order chi connectivity index (χ0) is 24.7. The Bertz CT molecular complexity index is 1380. The molecular weight excluding hydrogens is 450 g/mol. The van der Waals surface area contributed by atoms with Gasteiger partial charge in [0.2, 0.25) is 0 Å². The van der Waals surface area contributed by atoms with Crippen LogP contribution in [0.5, 0.6) is 0 Å². The lowest BCUT2D eigenvalue weighted by Gasteiger charge is -2.38. The number of allylic oxidation sites excluding steroid dienone is 1. The largest absolute Gasteiger partial charge is 0.370 e. The van der Waals surface area contributed by atoms with Gasteiger partial charge in [0.15, 0.2) is 0 Å². The lowest BCUT2D eigenvalue weighted by atomic mass is 9.81. The summed E-state index contributed by atoms with van der Waals surface area (Å²) in [5.74, 6) is 1.28. The van der Waals surface area contributed by atoms with Crippen molar-refractivity contribution >= 4 is 10.9 Å². The fourth-order valence-corrected chi connectivity index (χ4v) is 8.88. The highest BCUT2D eigenvalue weighted by molar-refractivity contribution is 5.94. The molecule has 0 N–H and O–H groups in total. The molecule has 2 bridgehead atoms. The maximum absolute atomic E-state index is 4.95. The first-order valence-corrected chi connectivity index (χ1v) is 15.0. The SMILES string of the molecule is C=C(N1CCN2CCC1CC2)C12CC1c1cc(C)ccc1-c1c(C3CCCCC3)c3ccccc3n1C2. The predicted octanol–water partition coefficient (Wildman–Crippen LogP) is 7.45. The summed E-state index contributed by atoms with van der Waals surface area (Å²) < 4.78 is 2.77. The summed E-state index contributed by atoms with van der Waals surface area (Å²) in [7, 11) is 0. The first-order chi connectivity index (χ1) is 18.1. The Hall–Kier alpha value is -2.52. The molecule has 2 aromatic carbocycles. The van der Waals surface area contributed by atoms with Gasteiger partial charge in [0.25, 0.3) is 0 Å². The summed E-state index contributed by atoms with van der Waals surface area (Å²) in [6.45, 7) is 13.2. The quantitative estimate of drug-likeness (QED) is 0.377. The van der Waals surface area contributed by atoms with Crippen LogP contribution in [0.15, 0.2) is 54.7 Å². The van der Waals surface area contributed by atoms with Gasteiger partial charge in [-0.05, 0) is 68.1 Å². The normalized spacial score (nSPS) is 30.8. The topological polar surface area (TPSA) is 11.4 Å². The summed E-state index contributed by atoms with van der Waals surface area (Å²) in [6, 6.07) is 17.4. The van der Waals surface area contributed by atoms with Crippen molar-refractivity contribution in [1.82, 2.24) is 14.4 Å². The predicted molar refractivity (Wildman–Crippen MR) is 153 cm³/mol. The van der Waals surface area contributed by atoms with E-state index in [0.29, 0.717) is 17.9 Å². The van der Waals surface area contributed by atoms with Crippen molar-refractivity contribution in [2.45, 2.75) is 82.7 Å². The Labute approximate surface area is 222 Å². The zero-order valence-corrected chi connectivity index (χ0v) is 22.5. The molecule has 3 nitrogen and oxygen atoms in total. The van der Waals surface area contributed by atoms with Crippen molar-refractivity contribution in [1.29, 1.82) is 0 Å². The van der Waals surface area contributed by atoms with Crippen molar-refractivity contribution < 1.29 is 0 Å². The number of aromatic nitrogens is 1. The third-order valence-electron chi connectivity index (χ3n) is 11.0. The average Bonchev–Trinajstić information content (AvgIpc) is 3.68. The Morgan fingerprint density at radius 1 is 0.919 bits per heavy atom. The van der Waals surface area contributed by atoms with E-state index < -0.39 is 0 Å². The third-order valence-corrected chi connectivity index (χ3v) is 11.0. The lowest BCUT2D eigenvalue weighted by Crippen LogP contribution is -2.40. The van der Waals surface area contributed by atoms with Crippen LogP contribution >= 0.6 is 0 Å². The molecule has 2 saturated carbocycles. The maximum Gasteiger partial charge on any atom is 0.0529 e. The molecule has 3 heteroatoms. The smallest absolute Gasteiger partial charge is 0.0529 e. The summed E-state index contributed by atoms with van der Waals surface area (Å²) in [5, 5.41) is 1.51. The minimum atomic E-state index is 0.150. The monoisotopic (exact) mass is 491 g/mol. The van der Waals surface area contributed by atoms with Gasteiger partial charge < -0.3 is 14.4 Å². The van der Waals surface area contributed by atoms with E-state index in [1.165, 1.54) is 98.7 Å². The third kappa shape index (κ3) is 3.29. The molecule has 0 radical (unpaired) electrons. The number of nitrogens with zero attached hydrogens (tertiary/aromatic N) is 3. The molecule has 3 saturated heterocycles. The van der Waals surface area contributed by atoms with Crippen LogP contribution < -0.4 is 0 Å². The molecule has 5 fully saturated rings. The van der Waals surface area contributed by atoms with Gasteiger partial charge in [-0.1, -0.05) is 67.8 Å². The number of rotatable bonds is 3. The Kier molecular flexibility index (Phi) is 5.00. The zero-order valence-electron chi connectivity index (χ0n) is 22.5. The summed E-state index contributed by atoms with van der Waals surface area (Å²) in [6.07, 6.45) is 10.7. The van der Waals surface area contributed by atoms with E-state index in [1.54, 1.807) is 16.8 Å². The molecule has 1 aromatic heterocycles. The van der Waals surface area contributed by atoms with Crippen molar-refractivity contribution in [3.05, 3.63) is 71.4 Å². The van der Waals surface area contributed by atoms with Gasteiger partial charge in [0.1, 0.15) is 0 Å². The molecule has 2 aliphatic carbocycles. The van der Waals surface area contributed by atoms with Crippen LogP contribution in [0.2, 0.25) is 0 Å². The van der Waals surface area contributed by atoms with Gasteiger partial charge in [0, 0.05) is 66.3 Å². The molecule has 3 aromatic rings. The molecule has 0 spiro atoms. The second-order valence-electron chi connectivity index (χ2n) is 12.9. The number of aryl methyl sites for hydroxylation is 1. The molecule has 6 aliphatic rings. The van der Waals surface area contributed by atoms with Crippen LogP contribution in [0.25, 0.3) is 22.2 Å². The van der Waals surface area contributed by atoms with E-state index >= 15 is 0 Å². The standard InChI is InChI=1S/C34H41N3/c1-23-12-13-27-29(20-23)30-21-34(30,24(2)36-19-18-35-16-14-26(36)15-17-35)22-37-31-11-7-6-10-28(31)32(33(27)37)25-8-4-3-5-9-25/h6-7,10-13,20,25-26,30H,2-5,8-9,14-19,21-22H2,1H3. The van der Waals surface area contributed by atoms with Crippen LogP contribution in [-0.2, 0) is 6.54 Å². The van der Waals surface area contributed by atoms with Gasteiger partial charge in [-0.25, -0.2) is 0 Å². The van der Waals surface area contributed by atoms with E-state index in [4.69, 9.17) is 6.58 Å². The first-order valence-electron chi connectivity index (χ1n) is 15.0. The van der Waals surface area contributed by atoms with Crippen LogP contribution in [0, 0.1) is 12.3 Å². The van der Waals surface area contributed by atoms with Crippen molar-refractivity contribution in [3.8, 4) is 11.3 Å². The Morgan fingerprint density at radius 2 is 1.73 bits per heavy atom. The van der Waals surface area contributed by atoms with E-state index in [2.05, 4.69) is 63.8 Å². The summed E-state index contributed by atoms with van der Waals surface area (Å²) in [5.41, 5.74) is 10.8. The van der Waals surface area contributed by atoms with Crippen LogP contribution in [0.1, 0.15) is 79.9 Å². The van der Waals surface area contributed by atoms with Crippen molar-refractivity contribution in [2.24, 2.45) is 5.41 Å². The van der Waals surface area contributed by atoms with E-state index in [1.807, 2.05) is 0 Å². The Morgan fingerprint density at radius 3 is 2.57 bits per heavy atom. The number of piperidine rings is 1. The second-order valence-corrected chi connectivity index (χ2v) is 12.9. The number of para-hydroxylation sites is 1. The number of benzene rings is 2. The maximum atomic E-state index is 4.95.